The number of alkyl halides is 3. The molecule has 0 radical (unpaired) electrons. The molecule has 3 N–H and O–H groups in total. The molecule has 1 aliphatic heterocycles. The number of hydrogen-bond donors (Lipinski definition) is 2. The van der Waals surface area contributed by atoms with Gasteiger partial charge < -0.3 is 16.0 Å². The SMILES string of the molecule is Cc1nc(N[C@H](C)c2cc(N)cc(C(F)(F)F)c2)c2c(n1)C1(CCCC(C)C1)C(=O)N(c1ccc(F)cc1)C2. The maximum absolute atomic E-state index is 14.2. The number of carbonyl (C=O) groups excluding carboxylic acids is 1. The topological polar surface area (TPSA) is 84.1 Å². The Balaban J connectivity index is 1.61. The lowest BCUT2D eigenvalue weighted by atomic mass is 9.64. The van der Waals surface area contributed by atoms with Crippen LogP contribution in [0.25, 0.3) is 0 Å². The minimum Gasteiger partial charge on any atom is -0.399 e. The molecule has 6 nitrogen and oxygen atoms in total. The van der Waals surface area contributed by atoms with Crippen LogP contribution in [0.2, 0.25) is 0 Å². The van der Waals surface area contributed by atoms with Crippen molar-refractivity contribution in [3.8, 4) is 0 Å². The molecule has 39 heavy (non-hydrogen) atoms. The molecule has 206 valence electrons. The Labute approximate surface area is 224 Å². The molecule has 1 fully saturated rings. The van der Waals surface area contributed by atoms with Crippen molar-refractivity contribution in [1.29, 1.82) is 0 Å². The fourth-order valence-electron chi connectivity index (χ4n) is 6.02. The smallest absolute Gasteiger partial charge is 0.399 e. The molecule has 1 amide bonds. The number of fused-ring (bicyclic) bond motifs is 2. The van der Waals surface area contributed by atoms with Crippen molar-refractivity contribution < 1.29 is 22.4 Å². The summed E-state index contributed by atoms with van der Waals surface area (Å²) in [6.45, 7) is 5.76. The molecule has 1 aromatic heterocycles. The van der Waals surface area contributed by atoms with Crippen LogP contribution >= 0.6 is 0 Å². The molecule has 1 aliphatic carbocycles. The molecule has 3 aromatic rings. The number of halogens is 4. The molecule has 2 aliphatic rings. The lowest BCUT2D eigenvalue weighted by molar-refractivity contribution is -0.137. The summed E-state index contributed by atoms with van der Waals surface area (Å²) in [4.78, 5) is 25.2. The van der Waals surface area contributed by atoms with Gasteiger partial charge in [-0.05, 0) is 80.6 Å². The summed E-state index contributed by atoms with van der Waals surface area (Å²) < 4.78 is 54.1. The maximum atomic E-state index is 14.2. The molecule has 0 saturated heterocycles. The molecule has 2 aromatic carbocycles. The van der Waals surface area contributed by atoms with E-state index in [2.05, 4.69) is 17.2 Å². The first-order valence-electron chi connectivity index (χ1n) is 13.1. The van der Waals surface area contributed by atoms with Gasteiger partial charge in [0.25, 0.3) is 0 Å². The highest BCUT2D eigenvalue weighted by atomic mass is 19.4. The third kappa shape index (κ3) is 5.04. The Kier molecular flexibility index (Phi) is 6.76. The zero-order valence-corrected chi connectivity index (χ0v) is 22.1. The van der Waals surface area contributed by atoms with E-state index in [-0.39, 0.29) is 18.1 Å². The van der Waals surface area contributed by atoms with Crippen molar-refractivity contribution >= 4 is 23.1 Å². The molecule has 0 bridgehead atoms. The number of nitrogens with zero attached hydrogens (tertiary/aromatic N) is 3. The van der Waals surface area contributed by atoms with Gasteiger partial charge in [0, 0.05) is 16.9 Å². The number of nitrogens with one attached hydrogen (secondary N) is 1. The number of aryl methyl sites for hydroxylation is 1. The molecule has 2 heterocycles. The molecule has 3 atom stereocenters. The number of aromatic nitrogens is 2. The van der Waals surface area contributed by atoms with Crippen LogP contribution in [0, 0.1) is 18.7 Å². The van der Waals surface area contributed by atoms with Gasteiger partial charge in [-0.3, -0.25) is 4.79 Å². The zero-order valence-electron chi connectivity index (χ0n) is 22.1. The quantitative estimate of drug-likeness (QED) is 0.284. The van der Waals surface area contributed by atoms with E-state index in [9.17, 15) is 22.4 Å². The molecule has 1 spiro atoms. The summed E-state index contributed by atoms with van der Waals surface area (Å²) in [6, 6.07) is 8.71. The number of hydrogen-bond acceptors (Lipinski definition) is 5. The Morgan fingerprint density at radius 3 is 2.54 bits per heavy atom. The Bertz CT molecular complexity index is 1410. The third-order valence-electron chi connectivity index (χ3n) is 7.84. The number of nitrogens with two attached hydrogens (primary N) is 1. The van der Waals surface area contributed by atoms with Gasteiger partial charge >= 0.3 is 6.18 Å². The van der Waals surface area contributed by atoms with Crippen LogP contribution in [-0.2, 0) is 22.9 Å². The van der Waals surface area contributed by atoms with Crippen LogP contribution < -0.4 is 16.0 Å². The second-order valence-electron chi connectivity index (χ2n) is 10.9. The highest BCUT2D eigenvalue weighted by molar-refractivity contribution is 6.03. The lowest BCUT2D eigenvalue weighted by Gasteiger charge is -2.46. The number of rotatable bonds is 4. The van der Waals surface area contributed by atoms with Gasteiger partial charge in [0.2, 0.25) is 5.91 Å². The second-order valence-corrected chi connectivity index (χ2v) is 10.9. The van der Waals surface area contributed by atoms with Crippen molar-refractivity contribution in [3.63, 3.8) is 0 Å². The van der Waals surface area contributed by atoms with E-state index in [1.165, 1.54) is 18.2 Å². The predicted octanol–water partition coefficient (Wildman–Crippen LogP) is 6.69. The zero-order chi connectivity index (χ0) is 28.1. The minimum absolute atomic E-state index is 0.0117. The van der Waals surface area contributed by atoms with Gasteiger partial charge in [0.15, 0.2) is 0 Å². The van der Waals surface area contributed by atoms with Crippen LogP contribution in [0.5, 0.6) is 0 Å². The van der Waals surface area contributed by atoms with E-state index in [1.54, 1.807) is 30.9 Å². The monoisotopic (exact) mass is 541 g/mol. The minimum atomic E-state index is -4.53. The summed E-state index contributed by atoms with van der Waals surface area (Å²) in [5.41, 5.74) is 6.44. The highest BCUT2D eigenvalue weighted by Gasteiger charge is 2.51. The molecule has 1 saturated carbocycles. The van der Waals surface area contributed by atoms with Crippen LogP contribution in [-0.4, -0.2) is 15.9 Å². The Hall–Kier alpha value is -3.69. The number of benzene rings is 2. The van der Waals surface area contributed by atoms with E-state index in [4.69, 9.17) is 10.7 Å². The van der Waals surface area contributed by atoms with Gasteiger partial charge in [-0.2, -0.15) is 13.2 Å². The highest BCUT2D eigenvalue weighted by Crippen LogP contribution is 2.49. The number of amides is 1. The Morgan fingerprint density at radius 2 is 1.87 bits per heavy atom. The molecule has 2 unspecified atom stereocenters. The van der Waals surface area contributed by atoms with Gasteiger partial charge in [-0.25, -0.2) is 14.4 Å². The van der Waals surface area contributed by atoms with Crippen molar-refractivity contribution in [2.75, 3.05) is 16.0 Å². The first-order valence-corrected chi connectivity index (χ1v) is 13.1. The maximum Gasteiger partial charge on any atom is 0.416 e. The van der Waals surface area contributed by atoms with Crippen LogP contribution in [0.4, 0.5) is 34.8 Å². The van der Waals surface area contributed by atoms with Crippen molar-refractivity contribution in [2.24, 2.45) is 5.92 Å². The summed E-state index contributed by atoms with van der Waals surface area (Å²) in [5, 5.41) is 3.29. The Morgan fingerprint density at radius 1 is 1.15 bits per heavy atom. The molecular formula is C29H31F4N5O. The van der Waals surface area contributed by atoms with E-state index in [1.807, 2.05) is 0 Å². The van der Waals surface area contributed by atoms with Crippen molar-refractivity contribution in [3.05, 3.63) is 76.5 Å². The lowest BCUT2D eigenvalue weighted by Crippen LogP contribution is -2.54. The summed E-state index contributed by atoms with van der Waals surface area (Å²) in [7, 11) is 0. The molecule has 10 heteroatoms. The van der Waals surface area contributed by atoms with Crippen molar-refractivity contribution in [1.82, 2.24) is 9.97 Å². The molecular weight excluding hydrogens is 510 g/mol. The number of nitrogen functional groups attached to an aromatic ring is 1. The van der Waals surface area contributed by atoms with E-state index in [0.29, 0.717) is 52.9 Å². The van der Waals surface area contributed by atoms with Crippen LogP contribution in [0.3, 0.4) is 0 Å². The predicted molar refractivity (Wildman–Crippen MR) is 142 cm³/mol. The first kappa shape index (κ1) is 26.9. The normalized spacial score (nSPS) is 22.1. The average Bonchev–Trinajstić information content (AvgIpc) is 2.86. The van der Waals surface area contributed by atoms with Gasteiger partial charge in [-0.1, -0.05) is 19.8 Å². The van der Waals surface area contributed by atoms with Crippen molar-refractivity contribution in [2.45, 2.75) is 70.6 Å². The largest absolute Gasteiger partial charge is 0.416 e. The summed E-state index contributed by atoms with van der Waals surface area (Å²) >= 11 is 0. The van der Waals surface area contributed by atoms with E-state index in [0.717, 1.165) is 25.0 Å². The summed E-state index contributed by atoms with van der Waals surface area (Å²) in [6.07, 6.45) is -1.43. The molecule has 5 rings (SSSR count). The third-order valence-corrected chi connectivity index (χ3v) is 7.84. The van der Waals surface area contributed by atoms with Gasteiger partial charge in [-0.15, -0.1) is 0 Å². The number of carbonyl (C=O) groups is 1. The first-order chi connectivity index (χ1) is 18.4. The fourth-order valence-corrected chi connectivity index (χ4v) is 6.02. The standard InChI is InChI=1S/C29H31F4N5O/c1-16-5-4-10-28(14-16)25-24(15-38(27(28)39)23-8-6-21(30)7-9-23)26(37-18(3)36-25)35-17(2)19-11-20(29(31,32)33)13-22(34)12-19/h6-9,11-13,16-17H,4-5,10,14-15,34H2,1-3H3,(H,35,36,37)/t16?,17-,28?/m1/s1. The van der Waals surface area contributed by atoms with E-state index >= 15 is 0 Å². The van der Waals surface area contributed by atoms with Gasteiger partial charge in [0.1, 0.15) is 17.5 Å². The summed E-state index contributed by atoms with van der Waals surface area (Å²) in [5.74, 6) is 0.740. The second kappa shape index (κ2) is 9.81. The van der Waals surface area contributed by atoms with Crippen LogP contribution in [0.1, 0.15) is 73.8 Å². The fraction of sp³-hybridized carbons (Fsp3) is 0.414. The average molecular weight is 542 g/mol. The van der Waals surface area contributed by atoms with E-state index < -0.39 is 29.0 Å². The van der Waals surface area contributed by atoms with Gasteiger partial charge in [0.05, 0.1) is 29.3 Å². The number of anilines is 3. The van der Waals surface area contributed by atoms with Crippen LogP contribution in [0.15, 0.2) is 42.5 Å².